The van der Waals surface area contributed by atoms with E-state index in [1.165, 1.54) is 44.3 Å². The Morgan fingerprint density at radius 2 is 2.00 bits per heavy atom. The first-order valence-corrected chi connectivity index (χ1v) is 7.30. The average Bonchev–Trinajstić information content (AvgIpc) is 2.68. The van der Waals surface area contributed by atoms with E-state index < -0.39 is 0 Å². The quantitative estimate of drug-likeness (QED) is 0.525. The van der Waals surface area contributed by atoms with Crippen molar-refractivity contribution in [1.29, 1.82) is 0 Å². The van der Waals surface area contributed by atoms with E-state index in [1.54, 1.807) is 5.57 Å². The lowest BCUT2D eigenvalue weighted by molar-refractivity contribution is 0.664. The van der Waals surface area contributed by atoms with Crippen LogP contribution in [0.1, 0.15) is 52.4 Å². The van der Waals surface area contributed by atoms with Gasteiger partial charge >= 0.3 is 0 Å². The monoisotopic (exact) mass is 224 g/mol. The number of unbranched alkanes of at least 4 members (excludes halogenated alkanes) is 3. The van der Waals surface area contributed by atoms with Crippen molar-refractivity contribution in [3.05, 3.63) is 23.8 Å². The minimum atomic E-state index is 0.805. The molecule has 0 nitrogen and oxygen atoms in total. The normalized spacial score (nSPS) is 15.0. The first-order valence-electron chi connectivity index (χ1n) is 6.25. The van der Waals surface area contributed by atoms with Crippen LogP contribution in [0.3, 0.4) is 0 Å². The van der Waals surface area contributed by atoms with Crippen molar-refractivity contribution in [3.63, 3.8) is 0 Å². The molecule has 1 rings (SSSR count). The Morgan fingerprint density at radius 1 is 1.20 bits per heavy atom. The minimum Gasteiger partial charge on any atom is -0.159 e. The van der Waals surface area contributed by atoms with Crippen LogP contribution in [0.4, 0.5) is 0 Å². The highest BCUT2D eigenvalue weighted by Crippen LogP contribution is 2.19. The standard InChI is InChI=1S/C14H24S/c1-13(2)15-12-8-4-3-5-9-14-10-6-7-11-14/h6-7,10,13H,3-5,8-9,11-12H2,1-2H3. The molecule has 0 radical (unpaired) electrons. The van der Waals surface area contributed by atoms with Crippen LogP contribution >= 0.6 is 11.8 Å². The van der Waals surface area contributed by atoms with Crippen LogP contribution in [-0.2, 0) is 0 Å². The molecule has 0 aromatic carbocycles. The largest absolute Gasteiger partial charge is 0.159 e. The fourth-order valence-electron chi connectivity index (χ4n) is 1.80. The Morgan fingerprint density at radius 3 is 2.67 bits per heavy atom. The van der Waals surface area contributed by atoms with E-state index >= 15 is 0 Å². The average molecular weight is 224 g/mol. The predicted octanol–water partition coefficient (Wildman–Crippen LogP) is 4.96. The Bertz CT molecular complexity index is 213. The van der Waals surface area contributed by atoms with Crippen LogP contribution in [0.25, 0.3) is 0 Å². The first kappa shape index (κ1) is 12.9. The number of hydrogen-bond donors (Lipinski definition) is 0. The van der Waals surface area contributed by atoms with E-state index in [9.17, 15) is 0 Å². The molecule has 1 heteroatoms. The Labute approximate surface area is 99.2 Å². The van der Waals surface area contributed by atoms with Crippen molar-refractivity contribution in [2.24, 2.45) is 0 Å². The summed E-state index contributed by atoms with van der Waals surface area (Å²) in [5.41, 5.74) is 1.63. The van der Waals surface area contributed by atoms with Gasteiger partial charge in [-0.2, -0.15) is 11.8 Å². The molecule has 0 saturated carbocycles. The molecule has 1 aliphatic carbocycles. The molecule has 0 aromatic rings. The van der Waals surface area contributed by atoms with Crippen molar-refractivity contribution in [1.82, 2.24) is 0 Å². The maximum atomic E-state index is 2.29. The Balaban J connectivity index is 1.81. The summed E-state index contributed by atoms with van der Waals surface area (Å²) in [5.74, 6) is 1.35. The van der Waals surface area contributed by atoms with Crippen molar-refractivity contribution in [2.75, 3.05) is 5.75 Å². The fourth-order valence-corrected chi connectivity index (χ4v) is 2.65. The summed E-state index contributed by atoms with van der Waals surface area (Å²) in [7, 11) is 0. The van der Waals surface area contributed by atoms with Crippen molar-refractivity contribution >= 4 is 11.8 Å². The molecule has 0 N–H and O–H groups in total. The van der Waals surface area contributed by atoms with Gasteiger partial charge < -0.3 is 0 Å². The van der Waals surface area contributed by atoms with Gasteiger partial charge in [-0.05, 0) is 36.7 Å². The lowest BCUT2D eigenvalue weighted by Crippen LogP contribution is -1.90. The second-order valence-corrected chi connectivity index (χ2v) is 6.23. The van der Waals surface area contributed by atoms with E-state index in [2.05, 4.69) is 43.8 Å². The van der Waals surface area contributed by atoms with E-state index in [-0.39, 0.29) is 0 Å². The second-order valence-electron chi connectivity index (χ2n) is 4.54. The zero-order valence-electron chi connectivity index (χ0n) is 10.2. The summed E-state index contributed by atoms with van der Waals surface area (Å²) in [6, 6.07) is 0. The van der Waals surface area contributed by atoms with Crippen LogP contribution in [0.5, 0.6) is 0 Å². The van der Waals surface area contributed by atoms with E-state index in [0.717, 1.165) is 5.25 Å². The Hall–Kier alpha value is -0.170. The molecule has 0 unspecified atom stereocenters. The Kier molecular flexibility index (Phi) is 6.91. The van der Waals surface area contributed by atoms with Gasteiger partial charge in [0.1, 0.15) is 0 Å². The molecule has 0 saturated heterocycles. The van der Waals surface area contributed by atoms with Crippen LogP contribution in [0, 0.1) is 0 Å². The number of thioether (sulfide) groups is 1. The summed E-state index contributed by atoms with van der Waals surface area (Å²) in [4.78, 5) is 0. The van der Waals surface area contributed by atoms with E-state index in [0.29, 0.717) is 0 Å². The van der Waals surface area contributed by atoms with Gasteiger partial charge in [0, 0.05) is 0 Å². The SMILES string of the molecule is CC(C)SCCCCCCC1=CC=CC1. The summed E-state index contributed by atoms with van der Waals surface area (Å²) in [6.45, 7) is 4.56. The topological polar surface area (TPSA) is 0 Å². The third-order valence-corrected chi connectivity index (χ3v) is 3.88. The molecule has 15 heavy (non-hydrogen) atoms. The highest BCUT2D eigenvalue weighted by molar-refractivity contribution is 7.99. The van der Waals surface area contributed by atoms with Crippen LogP contribution in [0.15, 0.2) is 23.8 Å². The molecular formula is C14H24S. The maximum absolute atomic E-state index is 2.29. The molecule has 1 aliphatic rings. The van der Waals surface area contributed by atoms with Gasteiger partial charge in [0.2, 0.25) is 0 Å². The van der Waals surface area contributed by atoms with Crippen LogP contribution < -0.4 is 0 Å². The van der Waals surface area contributed by atoms with Crippen molar-refractivity contribution in [2.45, 2.75) is 57.6 Å². The summed E-state index contributed by atoms with van der Waals surface area (Å²) < 4.78 is 0. The third kappa shape index (κ3) is 6.83. The molecule has 0 amide bonds. The molecule has 0 aliphatic heterocycles. The molecule has 86 valence electrons. The summed E-state index contributed by atoms with van der Waals surface area (Å²) in [6.07, 6.45) is 14.9. The van der Waals surface area contributed by atoms with E-state index in [4.69, 9.17) is 0 Å². The van der Waals surface area contributed by atoms with Crippen LogP contribution in [-0.4, -0.2) is 11.0 Å². The maximum Gasteiger partial charge on any atom is -0.000968 e. The summed E-state index contributed by atoms with van der Waals surface area (Å²) in [5, 5.41) is 0.805. The molecule has 0 spiro atoms. The number of hydrogen-bond acceptors (Lipinski definition) is 1. The van der Waals surface area contributed by atoms with E-state index in [1.807, 2.05) is 0 Å². The second kappa shape index (κ2) is 8.04. The van der Waals surface area contributed by atoms with Gasteiger partial charge in [-0.1, -0.05) is 50.5 Å². The molecule has 0 heterocycles. The summed E-state index contributed by atoms with van der Waals surface area (Å²) >= 11 is 2.09. The number of rotatable bonds is 8. The fraction of sp³-hybridized carbons (Fsp3) is 0.714. The highest BCUT2D eigenvalue weighted by atomic mass is 32.2. The molecule has 0 atom stereocenters. The minimum absolute atomic E-state index is 0.805. The van der Waals surface area contributed by atoms with Gasteiger partial charge in [-0.3, -0.25) is 0 Å². The highest BCUT2D eigenvalue weighted by Gasteiger charge is 1.99. The molecule has 0 fully saturated rings. The van der Waals surface area contributed by atoms with Gasteiger partial charge in [0.25, 0.3) is 0 Å². The molecule has 0 bridgehead atoms. The van der Waals surface area contributed by atoms with Gasteiger partial charge in [-0.25, -0.2) is 0 Å². The van der Waals surface area contributed by atoms with Crippen molar-refractivity contribution < 1.29 is 0 Å². The predicted molar refractivity (Wildman–Crippen MR) is 72.5 cm³/mol. The lowest BCUT2D eigenvalue weighted by atomic mass is 10.1. The van der Waals surface area contributed by atoms with Crippen molar-refractivity contribution in [3.8, 4) is 0 Å². The number of allylic oxidation sites excluding steroid dienone is 4. The van der Waals surface area contributed by atoms with Crippen LogP contribution in [0.2, 0.25) is 0 Å². The smallest absolute Gasteiger partial charge is 0.000968 e. The first-order chi connectivity index (χ1) is 7.29. The zero-order chi connectivity index (χ0) is 10.9. The lowest BCUT2D eigenvalue weighted by Gasteiger charge is -2.04. The van der Waals surface area contributed by atoms with Gasteiger partial charge in [0.15, 0.2) is 0 Å². The third-order valence-electron chi connectivity index (χ3n) is 2.69. The van der Waals surface area contributed by atoms with Gasteiger partial charge in [-0.15, -0.1) is 0 Å². The zero-order valence-corrected chi connectivity index (χ0v) is 11.0. The molecule has 0 aromatic heterocycles. The molecular weight excluding hydrogens is 200 g/mol. The van der Waals surface area contributed by atoms with Gasteiger partial charge in [0.05, 0.1) is 0 Å².